The van der Waals surface area contributed by atoms with Gasteiger partial charge >= 0.3 is 0 Å². The van der Waals surface area contributed by atoms with Crippen LogP contribution in [0.4, 0.5) is 0 Å². The van der Waals surface area contributed by atoms with Crippen LogP contribution in [0.2, 0.25) is 0 Å². The topological polar surface area (TPSA) is 12.9 Å². The molecule has 0 fully saturated rings. The SMILES string of the molecule is Cc1nc(CCC(Br)CC(C)C)cs1. The second-order valence-corrected chi connectivity index (χ2v) is 6.48. The van der Waals surface area contributed by atoms with Gasteiger partial charge in [-0.25, -0.2) is 4.98 Å². The van der Waals surface area contributed by atoms with E-state index in [0.717, 1.165) is 12.3 Å². The smallest absolute Gasteiger partial charge is 0.0897 e. The molecule has 1 aromatic rings. The summed E-state index contributed by atoms with van der Waals surface area (Å²) < 4.78 is 0. The van der Waals surface area contributed by atoms with Crippen molar-refractivity contribution in [1.82, 2.24) is 4.98 Å². The molecule has 0 N–H and O–H groups in total. The fraction of sp³-hybridized carbons (Fsp3) is 0.727. The first kappa shape index (κ1) is 12.2. The van der Waals surface area contributed by atoms with Crippen molar-refractivity contribution in [2.75, 3.05) is 0 Å². The molecule has 1 atom stereocenters. The molecule has 1 aromatic heterocycles. The maximum Gasteiger partial charge on any atom is 0.0897 e. The highest BCUT2D eigenvalue weighted by Gasteiger charge is 2.08. The van der Waals surface area contributed by atoms with Crippen LogP contribution in [0, 0.1) is 12.8 Å². The van der Waals surface area contributed by atoms with Gasteiger partial charge in [0.05, 0.1) is 10.7 Å². The van der Waals surface area contributed by atoms with Crippen molar-refractivity contribution in [3.05, 3.63) is 16.1 Å². The number of halogens is 1. The Labute approximate surface area is 99.1 Å². The van der Waals surface area contributed by atoms with Crippen molar-refractivity contribution in [3.63, 3.8) is 0 Å². The van der Waals surface area contributed by atoms with E-state index >= 15 is 0 Å². The average molecular weight is 276 g/mol. The number of nitrogens with zero attached hydrogens (tertiary/aromatic N) is 1. The molecule has 1 heterocycles. The first-order chi connectivity index (χ1) is 6.58. The molecule has 0 saturated heterocycles. The zero-order chi connectivity index (χ0) is 10.6. The van der Waals surface area contributed by atoms with Crippen LogP contribution in [0.15, 0.2) is 5.38 Å². The molecule has 0 bridgehead atoms. The van der Waals surface area contributed by atoms with Gasteiger partial charge in [-0.15, -0.1) is 11.3 Å². The Bertz CT molecular complexity index is 270. The van der Waals surface area contributed by atoms with E-state index in [4.69, 9.17) is 0 Å². The summed E-state index contributed by atoms with van der Waals surface area (Å²) in [5.74, 6) is 0.775. The molecule has 1 rings (SSSR count). The molecule has 14 heavy (non-hydrogen) atoms. The Morgan fingerprint density at radius 3 is 2.71 bits per heavy atom. The van der Waals surface area contributed by atoms with Crippen LogP contribution in [-0.4, -0.2) is 9.81 Å². The lowest BCUT2D eigenvalue weighted by Crippen LogP contribution is -2.04. The van der Waals surface area contributed by atoms with Crippen molar-refractivity contribution in [1.29, 1.82) is 0 Å². The van der Waals surface area contributed by atoms with E-state index in [1.54, 1.807) is 11.3 Å². The number of aryl methyl sites for hydroxylation is 2. The molecule has 3 heteroatoms. The molecule has 0 radical (unpaired) electrons. The lowest BCUT2D eigenvalue weighted by Gasteiger charge is -2.10. The third-order valence-electron chi connectivity index (χ3n) is 2.11. The summed E-state index contributed by atoms with van der Waals surface area (Å²) >= 11 is 5.46. The Morgan fingerprint density at radius 2 is 2.21 bits per heavy atom. The normalized spacial score (nSPS) is 13.5. The van der Waals surface area contributed by atoms with Gasteiger partial charge in [0.15, 0.2) is 0 Å². The molecule has 0 aliphatic rings. The zero-order valence-corrected chi connectivity index (χ0v) is 11.5. The summed E-state index contributed by atoms with van der Waals surface area (Å²) in [6, 6.07) is 0. The average Bonchev–Trinajstić information content (AvgIpc) is 2.47. The monoisotopic (exact) mass is 275 g/mol. The van der Waals surface area contributed by atoms with Gasteiger partial charge in [0.1, 0.15) is 0 Å². The molecule has 1 unspecified atom stereocenters. The van der Waals surface area contributed by atoms with Gasteiger partial charge in [-0.3, -0.25) is 0 Å². The Morgan fingerprint density at radius 1 is 1.50 bits per heavy atom. The van der Waals surface area contributed by atoms with Crippen molar-refractivity contribution in [2.45, 2.75) is 44.9 Å². The van der Waals surface area contributed by atoms with Gasteiger partial charge in [0.2, 0.25) is 0 Å². The van der Waals surface area contributed by atoms with Crippen LogP contribution in [0.3, 0.4) is 0 Å². The molecular weight excluding hydrogens is 258 g/mol. The maximum atomic E-state index is 4.46. The molecule has 0 aromatic carbocycles. The minimum Gasteiger partial charge on any atom is -0.247 e. The Balaban J connectivity index is 2.26. The first-order valence-electron chi connectivity index (χ1n) is 5.13. The molecule has 80 valence electrons. The highest BCUT2D eigenvalue weighted by atomic mass is 79.9. The zero-order valence-electron chi connectivity index (χ0n) is 9.09. The van der Waals surface area contributed by atoms with Gasteiger partial charge in [-0.2, -0.15) is 0 Å². The van der Waals surface area contributed by atoms with Gasteiger partial charge < -0.3 is 0 Å². The number of alkyl halides is 1. The van der Waals surface area contributed by atoms with Crippen molar-refractivity contribution in [3.8, 4) is 0 Å². The quantitative estimate of drug-likeness (QED) is 0.735. The molecule has 0 amide bonds. The number of aromatic nitrogens is 1. The fourth-order valence-electron chi connectivity index (χ4n) is 1.46. The van der Waals surface area contributed by atoms with Crippen LogP contribution < -0.4 is 0 Å². The maximum absolute atomic E-state index is 4.46. The minimum absolute atomic E-state index is 0.643. The summed E-state index contributed by atoms with van der Waals surface area (Å²) in [7, 11) is 0. The molecule has 0 aliphatic heterocycles. The lowest BCUT2D eigenvalue weighted by molar-refractivity contribution is 0.553. The van der Waals surface area contributed by atoms with Gasteiger partial charge in [0, 0.05) is 10.2 Å². The van der Waals surface area contributed by atoms with Gasteiger partial charge in [0.25, 0.3) is 0 Å². The van der Waals surface area contributed by atoms with Gasteiger partial charge in [-0.1, -0.05) is 29.8 Å². The highest BCUT2D eigenvalue weighted by Crippen LogP contribution is 2.19. The summed E-state index contributed by atoms with van der Waals surface area (Å²) in [5, 5.41) is 3.35. The van der Waals surface area contributed by atoms with E-state index in [-0.39, 0.29) is 0 Å². The summed E-state index contributed by atoms with van der Waals surface area (Å²) in [6.07, 6.45) is 3.55. The van der Waals surface area contributed by atoms with E-state index in [9.17, 15) is 0 Å². The summed E-state index contributed by atoms with van der Waals surface area (Å²) in [6.45, 7) is 6.59. The predicted molar refractivity (Wildman–Crippen MR) is 67.3 cm³/mol. The molecular formula is C11H18BrNS. The number of rotatable bonds is 5. The van der Waals surface area contributed by atoms with E-state index < -0.39 is 0 Å². The minimum atomic E-state index is 0.643. The third-order valence-corrected chi connectivity index (χ3v) is 3.76. The molecule has 1 nitrogen and oxygen atoms in total. The highest BCUT2D eigenvalue weighted by molar-refractivity contribution is 9.09. The lowest BCUT2D eigenvalue weighted by atomic mass is 10.0. The number of thiazole rings is 1. The van der Waals surface area contributed by atoms with Gasteiger partial charge in [-0.05, 0) is 32.1 Å². The van der Waals surface area contributed by atoms with Crippen molar-refractivity contribution in [2.24, 2.45) is 5.92 Å². The largest absolute Gasteiger partial charge is 0.247 e. The van der Waals surface area contributed by atoms with Crippen LogP contribution in [-0.2, 0) is 6.42 Å². The van der Waals surface area contributed by atoms with E-state index in [2.05, 4.69) is 47.1 Å². The predicted octanol–water partition coefficient (Wildman–Crippen LogP) is 4.19. The summed E-state index contributed by atoms with van der Waals surface area (Å²) in [4.78, 5) is 5.10. The Kier molecular flexibility index (Phi) is 5.10. The second kappa shape index (κ2) is 5.86. The number of hydrogen-bond acceptors (Lipinski definition) is 2. The van der Waals surface area contributed by atoms with Crippen LogP contribution in [0.25, 0.3) is 0 Å². The Hall–Kier alpha value is 0.110. The van der Waals surface area contributed by atoms with Crippen LogP contribution in [0.1, 0.15) is 37.4 Å². The van der Waals surface area contributed by atoms with Crippen molar-refractivity contribution >= 4 is 27.3 Å². The standard InChI is InChI=1S/C11H18BrNS/c1-8(2)6-10(12)4-5-11-7-14-9(3)13-11/h7-8,10H,4-6H2,1-3H3. The van der Waals surface area contributed by atoms with Crippen LogP contribution >= 0.6 is 27.3 Å². The van der Waals surface area contributed by atoms with E-state index in [0.29, 0.717) is 4.83 Å². The first-order valence-corrected chi connectivity index (χ1v) is 6.92. The van der Waals surface area contributed by atoms with Crippen molar-refractivity contribution < 1.29 is 0 Å². The third kappa shape index (κ3) is 4.56. The molecule has 0 spiro atoms. The number of hydrogen-bond donors (Lipinski definition) is 0. The molecule has 0 saturated carbocycles. The van der Waals surface area contributed by atoms with E-state index in [1.165, 1.54) is 23.5 Å². The molecule has 0 aliphatic carbocycles. The summed E-state index contributed by atoms with van der Waals surface area (Å²) in [5.41, 5.74) is 1.25. The van der Waals surface area contributed by atoms with Crippen LogP contribution in [0.5, 0.6) is 0 Å². The fourth-order valence-corrected chi connectivity index (χ4v) is 3.08. The second-order valence-electron chi connectivity index (χ2n) is 4.12. The van der Waals surface area contributed by atoms with E-state index in [1.807, 2.05) is 0 Å².